The van der Waals surface area contributed by atoms with Crippen LogP contribution in [0.4, 0.5) is 4.39 Å². The predicted molar refractivity (Wildman–Crippen MR) is 66.6 cm³/mol. The van der Waals surface area contributed by atoms with Gasteiger partial charge in [0.05, 0.1) is 11.4 Å². The Kier molecular flexibility index (Phi) is 3.62. The van der Waals surface area contributed by atoms with Crippen LogP contribution in [-0.2, 0) is 20.2 Å². The third-order valence-corrected chi connectivity index (χ3v) is 2.73. The lowest BCUT2D eigenvalue weighted by atomic mass is 10.2. The zero-order valence-corrected chi connectivity index (χ0v) is 10.5. The zero-order valence-electron chi connectivity index (χ0n) is 10.5. The molecular weight excluding hydrogens is 233 g/mol. The largest absolute Gasteiger partial charge is 0.484 e. The number of nitrogens with two attached hydrogens (primary N) is 1. The first-order chi connectivity index (χ1) is 8.61. The van der Waals surface area contributed by atoms with Crippen molar-refractivity contribution in [1.29, 1.82) is 0 Å². The van der Waals surface area contributed by atoms with Crippen LogP contribution < -0.4 is 10.5 Å². The highest BCUT2D eigenvalue weighted by atomic mass is 19.1. The van der Waals surface area contributed by atoms with Crippen LogP contribution in [0.15, 0.2) is 24.3 Å². The van der Waals surface area contributed by atoms with Crippen molar-refractivity contribution >= 4 is 0 Å². The van der Waals surface area contributed by atoms with Crippen molar-refractivity contribution in [2.24, 2.45) is 12.8 Å². The summed E-state index contributed by atoms with van der Waals surface area (Å²) in [5.74, 6) is -0.171. The van der Waals surface area contributed by atoms with Gasteiger partial charge in [-0.05, 0) is 19.1 Å². The lowest BCUT2D eigenvalue weighted by Gasteiger charge is -2.11. The molecule has 0 radical (unpaired) electrons. The third-order valence-electron chi connectivity index (χ3n) is 2.73. The van der Waals surface area contributed by atoms with E-state index in [0.29, 0.717) is 5.56 Å². The first-order valence-corrected chi connectivity index (χ1v) is 5.71. The fraction of sp³-hybridized carbons (Fsp3) is 0.308. The molecule has 18 heavy (non-hydrogen) atoms. The molecule has 0 saturated heterocycles. The van der Waals surface area contributed by atoms with Crippen LogP contribution in [0.2, 0.25) is 0 Å². The monoisotopic (exact) mass is 249 g/mol. The van der Waals surface area contributed by atoms with Gasteiger partial charge in [-0.3, -0.25) is 4.68 Å². The van der Waals surface area contributed by atoms with E-state index in [1.165, 1.54) is 6.07 Å². The summed E-state index contributed by atoms with van der Waals surface area (Å²) in [5, 5.41) is 4.21. The second kappa shape index (κ2) is 5.18. The van der Waals surface area contributed by atoms with Crippen molar-refractivity contribution in [3.05, 3.63) is 47.0 Å². The normalized spacial score (nSPS) is 10.7. The van der Waals surface area contributed by atoms with Crippen molar-refractivity contribution in [2.45, 2.75) is 20.1 Å². The second-order valence-corrected chi connectivity index (χ2v) is 4.12. The molecule has 0 amide bonds. The molecule has 0 atom stereocenters. The summed E-state index contributed by atoms with van der Waals surface area (Å²) in [7, 11) is 1.83. The number of halogens is 1. The Hall–Kier alpha value is -1.88. The molecule has 0 spiro atoms. The van der Waals surface area contributed by atoms with Crippen LogP contribution in [0.25, 0.3) is 0 Å². The minimum Gasteiger partial charge on any atom is -0.484 e. The molecule has 0 aliphatic heterocycles. The van der Waals surface area contributed by atoms with Gasteiger partial charge in [-0.25, -0.2) is 4.39 Å². The number of ether oxygens (including phenoxy) is 1. The first-order valence-electron chi connectivity index (χ1n) is 5.71. The summed E-state index contributed by atoms with van der Waals surface area (Å²) >= 11 is 0. The van der Waals surface area contributed by atoms with Gasteiger partial charge in [-0.2, -0.15) is 5.10 Å². The quantitative estimate of drug-likeness (QED) is 0.900. The summed E-state index contributed by atoms with van der Waals surface area (Å²) in [6.07, 6.45) is 0. The molecule has 0 aliphatic carbocycles. The summed E-state index contributed by atoms with van der Waals surface area (Å²) in [4.78, 5) is 0. The van der Waals surface area contributed by atoms with Crippen LogP contribution in [0.3, 0.4) is 0 Å². The maximum absolute atomic E-state index is 13.6. The molecule has 1 aromatic heterocycles. The van der Waals surface area contributed by atoms with Gasteiger partial charge < -0.3 is 10.5 Å². The van der Waals surface area contributed by atoms with Crippen LogP contribution in [0, 0.1) is 12.7 Å². The zero-order chi connectivity index (χ0) is 13.1. The van der Waals surface area contributed by atoms with Crippen molar-refractivity contribution in [2.75, 3.05) is 0 Å². The molecule has 0 saturated carbocycles. The highest BCUT2D eigenvalue weighted by Gasteiger charge is 2.10. The van der Waals surface area contributed by atoms with Crippen molar-refractivity contribution in [3.8, 4) is 5.75 Å². The van der Waals surface area contributed by atoms with Crippen LogP contribution in [0.1, 0.15) is 17.0 Å². The molecule has 1 heterocycles. The first kappa shape index (κ1) is 12.6. The lowest BCUT2D eigenvalue weighted by molar-refractivity contribution is 0.277. The van der Waals surface area contributed by atoms with Crippen molar-refractivity contribution < 1.29 is 9.13 Å². The Morgan fingerprint density at radius 2 is 2.22 bits per heavy atom. The number of aromatic nitrogens is 2. The van der Waals surface area contributed by atoms with E-state index in [2.05, 4.69) is 5.10 Å². The van der Waals surface area contributed by atoms with E-state index < -0.39 is 5.82 Å². The highest BCUT2D eigenvalue weighted by molar-refractivity contribution is 5.34. The summed E-state index contributed by atoms with van der Waals surface area (Å²) < 4.78 is 20.9. The van der Waals surface area contributed by atoms with E-state index in [-0.39, 0.29) is 18.9 Å². The molecule has 5 heteroatoms. The van der Waals surface area contributed by atoms with Gasteiger partial charge in [0.2, 0.25) is 0 Å². The van der Waals surface area contributed by atoms with Gasteiger partial charge in [0.25, 0.3) is 0 Å². The Morgan fingerprint density at radius 1 is 1.44 bits per heavy atom. The number of hydrogen-bond acceptors (Lipinski definition) is 3. The maximum atomic E-state index is 13.6. The summed E-state index contributed by atoms with van der Waals surface area (Å²) in [6, 6.07) is 6.65. The highest BCUT2D eigenvalue weighted by Crippen LogP contribution is 2.23. The van der Waals surface area contributed by atoms with Crippen LogP contribution in [-0.4, -0.2) is 9.78 Å². The van der Waals surface area contributed by atoms with Gasteiger partial charge in [0.15, 0.2) is 11.6 Å². The van der Waals surface area contributed by atoms with Crippen LogP contribution in [0.5, 0.6) is 5.75 Å². The van der Waals surface area contributed by atoms with Gasteiger partial charge >= 0.3 is 0 Å². The van der Waals surface area contributed by atoms with E-state index in [1.54, 1.807) is 16.8 Å². The standard InChI is InChI=1S/C13H16FN3O/c1-9-6-11(17(2)16-9)8-18-13-10(7-15)4-3-5-12(13)14/h3-6H,7-8,15H2,1-2H3. The molecule has 2 N–H and O–H groups in total. The van der Waals surface area contributed by atoms with E-state index in [1.807, 2.05) is 20.0 Å². The topological polar surface area (TPSA) is 53.1 Å². The average molecular weight is 249 g/mol. The number of hydrogen-bond donors (Lipinski definition) is 1. The fourth-order valence-electron chi connectivity index (χ4n) is 1.82. The Morgan fingerprint density at radius 3 is 2.83 bits per heavy atom. The molecular formula is C13H16FN3O. The fourth-order valence-corrected chi connectivity index (χ4v) is 1.82. The molecule has 0 bridgehead atoms. The lowest BCUT2D eigenvalue weighted by Crippen LogP contribution is -2.07. The van der Waals surface area contributed by atoms with Gasteiger partial charge in [-0.15, -0.1) is 0 Å². The molecule has 0 fully saturated rings. The van der Waals surface area contributed by atoms with Crippen LogP contribution >= 0.6 is 0 Å². The molecule has 0 aliphatic rings. The minimum absolute atomic E-state index is 0.221. The SMILES string of the molecule is Cc1cc(COc2c(F)cccc2CN)n(C)n1. The number of rotatable bonds is 4. The smallest absolute Gasteiger partial charge is 0.165 e. The molecule has 2 rings (SSSR count). The molecule has 1 aromatic carbocycles. The van der Waals surface area contributed by atoms with E-state index in [0.717, 1.165) is 11.4 Å². The maximum Gasteiger partial charge on any atom is 0.165 e. The molecule has 0 unspecified atom stereocenters. The van der Waals surface area contributed by atoms with E-state index in [9.17, 15) is 4.39 Å². The summed E-state index contributed by atoms with van der Waals surface area (Å²) in [5.41, 5.74) is 8.01. The number of para-hydroxylation sites is 1. The Labute approximate surface area is 105 Å². The summed E-state index contributed by atoms with van der Waals surface area (Å²) in [6.45, 7) is 2.42. The number of nitrogens with zero attached hydrogens (tertiary/aromatic N) is 2. The van der Waals surface area contributed by atoms with E-state index in [4.69, 9.17) is 10.5 Å². The van der Waals surface area contributed by atoms with Crippen molar-refractivity contribution in [3.63, 3.8) is 0 Å². The van der Waals surface area contributed by atoms with Gasteiger partial charge in [-0.1, -0.05) is 12.1 Å². The molecule has 2 aromatic rings. The Bertz CT molecular complexity index is 551. The van der Waals surface area contributed by atoms with Gasteiger partial charge in [0, 0.05) is 19.2 Å². The molecule has 4 nitrogen and oxygen atoms in total. The predicted octanol–water partition coefficient (Wildman–Crippen LogP) is 1.91. The minimum atomic E-state index is -0.392. The number of benzene rings is 1. The average Bonchev–Trinajstić information content (AvgIpc) is 2.66. The number of aryl methyl sites for hydroxylation is 2. The van der Waals surface area contributed by atoms with Gasteiger partial charge in [0.1, 0.15) is 6.61 Å². The molecule has 96 valence electrons. The Balaban J connectivity index is 2.17. The van der Waals surface area contributed by atoms with Crippen molar-refractivity contribution in [1.82, 2.24) is 9.78 Å². The second-order valence-electron chi connectivity index (χ2n) is 4.12. The third kappa shape index (κ3) is 2.51. The van der Waals surface area contributed by atoms with E-state index >= 15 is 0 Å².